The molecule has 0 aliphatic rings. The first-order valence-corrected chi connectivity index (χ1v) is 27.2. The number of hydrogen-bond donors (Lipinski definition) is 1. The smallest absolute Gasteiger partial charge is 0.306 e. The number of phosphoric acid groups is 1. The van der Waals surface area contributed by atoms with E-state index in [2.05, 4.69) is 62.5 Å². The molecule has 0 rings (SSSR count). The van der Waals surface area contributed by atoms with Gasteiger partial charge in [0.05, 0.1) is 33.9 Å². The number of aliphatic hydroxyl groups excluding tert-OH is 1. The number of nitrogens with zero attached hydrogens (tertiary/aromatic N) is 1. The molecule has 0 heterocycles. The van der Waals surface area contributed by atoms with E-state index in [1.165, 1.54) is 109 Å². The number of hydrogen-bond acceptors (Lipinski definition) is 9. The summed E-state index contributed by atoms with van der Waals surface area (Å²) < 4.78 is 33.8. The predicted molar refractivity (Wildman–Crippen MR) is 269 cm³/mol. The van der Waals surface area contributed by atoms with Crippen LogP contribution in [-0.2, 0) is 32.7 Å². The Morgan fingerprint density at radius 1 is 0.569 bits per heavy atom. The lowest BCUT2D eigenvalue weighted by Crippen LogP contribution is -2.37. The molecule has 0 saturated carbocycles. The number of phosphoric ester groups is 1. The van der Waals surface area contributed by atoms with E-state index in [0.29, 0.717) is 17.4 Å². The van der Waals surface area contributed by atoms with Gasteiger partial charge >= 0.3 is 11.9 Å². The van der Waals surface area contributed by atoms with E-state index >= 15 is 0 Å². The topological polar surface area (TPSA) is 131 Å². The minimum absolute atomic E-state index is 0.0751. The summed E-state index contributed by atoms with van der Waals surface area (Å²) in [6.45, 7) is 3.85. The molecule has 0 bridgehead atoms. The van der Waals surface area contributed by atoms with Crippen molar-refractivity contribution in [2.45, 2.75) is 212 Å². The van der Waals surface area contributed by atoms with Crippen LogP contribution in [0.4, 0.5) is 0 Å². The average Bonchev–Trinajstić information content (AvgIpc) is 3.26. The van der Waals surface area contributed by atoms with Gasteiger partial charge < -0.3 is 33.0 Å². The maximum Gasteiger partial charge on any atom is 0.306 e. The van der Waals surface area contributed by atoms with Crippen LogP contribution >= 0.6 is 7.82 Å². The Morgan fingerprint density at radius 3 is 1.48 bits per heavy atom. The van der Waals surface area contributed by atoms with Crippen LogP contribution in [0.1, 0.15) is 200 Å². The SMILES string of the molecule is CC/C=C\C/C=C\C/C=C\C/C=C\C/C=C\C=C/C(O)CCC(=O)O[C@H](COC(=O)CCCCCCCCCCCCCCCCCCCCCCC)COP(=O)([O-])OCC[N+](C)(C)C. The monoisotopic (exact) mass is 934 g/mol. The van der Waals surface area contributed by atoms with E-state index in [0.717, 1.165) is 51.4 Å². The number of rotatable bonds is 46. The highest BCUT2D eigenvalue weighted by atomic mass is 31.2. The van der Waals surface area contributed by atoms with Crippen LogP contribution < -0.4 is 4.89 Å². The first-order chi connectivity index (χ1) is 31.4. The highest BCUT2D eigenvalue weighted by molar-refractivity contribution is 7.45. The van der Waals surface area contributed by atoms with Crippen molar-refractivity contribution in [3.05, 3.63) is 72.9 Å². The summed E-state index contributed by atoms with van der Waals surface area (Å²) in [5, 5.41) is 10.4. The average molecular weight is 934 g/mol. The van der Waals surface area contributed by atoms with Crippen LogP contribution in [0.3, 0.4) is 0 Å². The van der Waals surface area contributed by atoms with Crippen molar-refractivity contribution in [1.29, 1.82) is 0 Å². The summed E-state index contributed by atoms with van der Waals surface area (Å²) >= 11 is 0. The zero-order valence-corrected chi connectivity index (χ0v) is 42.9. The van der Waals surface area contributed by atoms with E-state index in [1.807, 2.05) is 33.3 Å². The zero-order chi connectivity index (χ0) is 48.0. The number of esters is 2. The summed E-state index contributed by atoms with van der Waals surface area (Å²) in [6, 6.07) is 0. The second kappa shape index (κ2) is 45.2. The van der Waals surface area contributed by atoms with Crippen molar-refractivity contribution in [3.63, 3.8) is 0 Å². The Morgan fingerprint density at radius 2 is 1.02 bits per heavy atom. The third-order valence-corrected chi connectivity index (χ3v) is 11.8. The molecule has 10 nitrogen and oxygen atoms in total. The van der Waals surface area contributed by atoms with Gasteiger partial charge in [-0.05, 0) is 44.9 Å². The van der Waals surface area contributed by atoms with Gasteiger partial charge in [0.1, 0.15) is 19.8 Å². The summed E-state index contributed by atoms with van der Waals surface area (Å²) in [5.41, 5.74) is 0. The number of allylic oxidation sites excluding steroid dienone is 11. The Labute approximate surface area is 398 Å². The fourth-order valence-electron chi connectivity index (χ4n) is 6.82. The molecule has 0 spiro atoms. The molecule has 0 fully saturated rings. The van der Waals surface area contributed by atoms with Crippen molar-refractivity contribution < 1.29 is 47.2 Å². The molecule has 0 saturated heterocycles. The molecule has 1 N–H and O–H groups in total. The second-order valence-electron chi connectivity index (χ2n) is 18.4. The second-order valence-corrected chi connectivity index (χ2v) is 19.8. The van der Waals surface area contributed by atoms with E-state index < -0.39 is 38.6 Å². The fourth-order valence-corrected chi connectivity index (χ4v) is 7.55. The number of aliphatic hydroxyl groups is 1. The largest absolute Gasteiger partial charge is 0.756 e. The first kappa shape index (κ1) is 62.4. The van der Waals surface area contributed by atoms with E-state index in [9.17, 15) is 24.2 Å². The lowest BCUT2D eigenvalue weighted by atomic mass is 10.0. The molecule has 0 aromatic rings. The van der Waals surface area contributed by atoms with Gasteiger partial charge in [0.25, 0.3) is 7.82 Å². The number of carbonyl (C=O) groups excluding carboxylic acids is 2. The first-order valence-electron chi connectivity index (χ1n) is 25.8. The molecule has 2 unspecified atom stereocenters. The van der Waals surface area contributed by atoms with Crippen LogP contribution in [0.2, 0.25) is 0 Å². The fraction of sp³-hybridized carbons (Fsp3) is 0.741. The van der Waals surface area contributed by atoms with Gasteiger partial charge in [-0.25, -0.2) is 0 Å². The van der Waals surface area contributed by atoms with Crippen molar-refractivity contribution in [1.82, 2.24) is 0 Å². The van der Waals surface area contributed by atoms with Gasteiger partial charge in [-0.1, -0.05) is 215 Å². The number of likely N-dealkylation sites (N-methyl/N-ethyl adjacent to an activating group) is 1. The Bertz CT molecular complexity index is 1350. The number of unbranched alkanes of at least 4 members (excludes halogenated alkanes) is 20. The molecular weight excluding hydrogens is 838 g/mol. The third kappa shape index (κ3) is 49.1. The number of carbonyl (C=O) groups is 2. The Kier molecular flexibility index (Phi) is 43.4. The van der Waals surface area contributed by atoms with Crippen LogP contribution in [-0.4, -0.2) is 81.2 Å². The van der Waals surface area contributed by atoms with E-state index in [-0.39, 0.29) is 32.5 Å². The highest BCUT2D eigenvalue weighted by Crippen LogP contribution is 2.38. The molecule has 0 radical (unpaired) electrons. The van der Waals surface area contributed by atoms with Crippen LogP contribution in [0.5, 0.6) is 0 Å². The molecule has 0 aliphatic carbocycles. The summed E-state index contributed by atoms with van der Waals surface area (Å²) in [7, 11) is 1.02. The summed E-state index contributed by atoms with van der Waals surface area (Å²) in [5.74, 6) is -1.11. The minimum Gasteiger partial charge on any atom is -0.756 e. The van der Waals surface area contributed by atoms with Crippen molar-refractivity contribution in [2.24, 2.45) is 0 Å². The normalized spacial score (nSPS) is 14.5. The standard InChI is InChI=1S/C54H96NO9P/c1-6-8-10-12-14-16-18-20-22-24-25-26-27-28-30-32-34-36-38-40-42-44-53(57)61-49-52(50-63-65(59,60)62-48-47-55(3,4)5)64-54(58)46-45-51(56)43-41-39-37-35-33-31-29-23-21-19-17-15-13-11-9-7-2/h9,11,15,17,21,23,31,33,37,39,41,43,51-52,56H,6-8,10,12-14,16,18-20,22,24-30,32,34-36,38,40,42,44-50H2,1-5H3/b11-9-,17-15-,23-21-,33-31-,39-37-,43-41-/t51?,52-/m1/s1. The van der Waals surface area contributed by atoms with Crippen molar-refractivity contribution in [3.8, 4) is 0 Å². The van der Waals surface area contributed by atoms with Crippen molar-refractivity contribution in [2.75, 3.05) is 47.5 Å². The molecular formula is C54H96NO9P. The zero-order valence-electron chi connectivity index (χ0n) is 42.0. The Hall–Kier alpha value is -2.59. The molecule has 65 heavy (non-hydrogen) atoms. The van der Waals surface area contributed by atoms with Crippen molar-refractivity contribution >= 4 is 19.8 Å². The summed E-state index contributed by atoms with van der Waals surface area (Å²) in [4.78, 5) is 37.7. The van der Waals surface area contributed by atoms with Gasteiger partial charge in [0.2, 0.25) is 0 Å². The molecule has 3 atom stereocenters. The molecule has 0 aromatic heterocycles. The molecule has 0 aromatic carbocycles. The number of ether oxygens (including phenoxy) is 2. The predicted octanol–water partition coefficient (Wildman–Crippen LogP) is 13.7. The molecule has 376 valence electrons. The highest BCUT2D eigenvalue weighted by Gasteiger charge is 2.22. The maximum atomic E-state index is 12.7. The van der Waals surface area contributed by atoms with Gasteiger partial charge in [-0.2, -0.15) is 0 Å². The summed E-state index contributed by atoms with van der Waals surface area (Å²) in [6.07, 6.45) is 54.1. The van der Waals surface area contributed by atoms with Crippen LogP contribution in [0.25, 0.3) is 0 Å². The maximum absolute atomic E-state index is 12.7. The van der Waals surface area contributed by atoms with Crippen LogP contribution in [0.15, 0.2) is 72.9 Å². The van der Waals surface area contributed by atoms with Gasteiger partial charge in [-0.15, -0.1) is 0 Å². The van der Waals surface area contributed by atoms with Crippen LogP contribution in [0, 0.1) is 0 Å². The molecule has 0 amide bonds. The van der Waals surface area contributed by atoms with E-state index in [1.54, 1.807) is 12.2 Å². The third-order valence-electron chi connectivity index (χ3n) is 10.9. The van der Waals surface area contributed by atoms with E-state index in [4.69, 9.17) is 18.5 Å². The minimum atomic E-state index is -4.70. The molecule has 0 aliphatic heterocycles. The van der Waals surface area contributed by atoms with Gasteiger partial charge in [-0.3, -0.25) is 14.2 Å². The lowest BCUT2D eigenvalue weighted by molar-refractivity contribution is -0.870. The lowest BCUT2D eigenvalue weighted by Gasteiger charge is -2.28. The molecule has 11 heteroatoms. The Balaban J connectivity index is 4.44. The quantitative estimate of drug-likeness (QED) is 0.0158. The van der Waals surface area contributed by atoms with Gasteiger partial charge in [0.15, 0.2) is 6.10 Å². The number of quaternary nitrogens is 1. The van der Waals surface area contributed by atoms with Gasteiger partial charge in [0, 0.05) is 12.8 Å².